The van der Waals surface area contributed by atoms with Crippen molar-refractivity contribution in [2.75, 3.05) is 13.6 Å². The van der Waals surface area contributed by atoms with E-state index in [4.69, 9.17) is 4.42 Å². The largest absolute Gasteiger partial charge is 0.458 e. The van der Waals surface area contributed by atoms with Crippen molar-refractivity contribution in [2.45, 2.75) is 6.10 Å². The van der Waals surface area contributed by atoms with Crippen LogP contribution in [-0.2, 0) is 0 Å². The number of aliphatic hydroxyl groups is 1. The quantitative estimate of drug-likeness (QED) is 0.855. The summed E-state index contributed by atoms with van der Waals surface area (Å²) in [6, 6.07) is 9.52. The Balaban J connectivity index is 2.20. The Labute approximate surface area is 98.9 Å². The molecule has 1 heterocycles. The van der Waals surface area contributed by atoms with Crippen LogP contribution >= 0.6 is 0 Å². The molecule has 1 atom stereocenters. The third-order valence-corrected chi connectivity index (χ3v) is 2.48. The first kappa shape index (κ1) is 11.8. The second-order valence-electron chi connectivity index (χ2n) is 3.78. The highest BCUT2D eigenvalue weighted by Crippen LogP contribution is 2.25. The molecule has 1 unspecified atom stereocenters. The van der Waals surface area contributed by atoms with Gasteiger partial charge in [0.15, 0.2) is 0 Å². The number of halogens is 1. The Morgan fingerprint density at radius 2 is 1.94 bits per heavy atom. The van der Waals surface area contributed by atoms with Gasteiger partial charge in [-0.2, -0.15) is 0 Å². The molecule has 0 radical (unpaired) electrons. The first-order valence-corrected chi connectivity index (χ1v) is 5.39. The molecule has 0 fully saturated rings. The predicted molar refractivity (Wildman–Crippen MR) is 63.0 cm³/mol. The minimum Gasteiger partial charge on any atom is -0.458 e. The molecule has 4 heteroatoms. The lowest BCUT2D eigenvalue weighted by molar-refractivity contribution is 0.151. The van der Waals surface area contributed by atoms with E-state index >= 15 is 0 Å². The highest BCUT2D eigenvalue weighted by Gasteiger charge is 2.12. The third-order valence-electron chi connectivity index (χ3n) is 2.48. The average Bonchev–Trinajstić information content (AvgIpc) is 2.80. The van der Waals surface area contributed by atoms with Gasteiger partial charge in [-0.1, -0.05) is 0 Å². The predicted octanol–water partition coefficient (Wildman–Crippen LogP) is 2.34. The maximum Gasteiger partial charge on any atom is 0.134 e. The number of nitrogens with one attached hydrogen (secondary N) is 1. The van der Waals surface area contributed by atoms with Gasteiger partial charge in [0.05, 0.1) is 0 Å². The minimum absolute atomic E-state index is 0.282. The Kier molecular flexibility index (Phi) is 3.56. The van der Waals surface area contributed by atoms with Crippen LogP contribution in [0.1, 0.15) is 11.9 Å². The lowest BCUT2D eigenvalue weighted by Gasteiger charge is -2.05. The number of hydrogen-bond donors (Lipinski definition) is 2. The summed E-state index contributed by atoms with van der Waals surface area (Å²) >= 11 is 0. The number of hydrogen-bond acceptors (Lipinski definition) is 3. The Morgan fingerprint density at radius 3 is 2.59 bits per heavy atom. The Morgan fingerprint density at radius 1 is 1.24 bits per heavy atom. The number of likely N-dealkylation sites (N-methyl/N-ethyl adjacent to an activating group) is 1. The molecule has 0 spiro atoms. The molecule has 3 nitrogen and oxygen atoms in total. The molecule has 2 N–H and O–H groups in total. The fourth-order valence-electron chi connectivity index (χ4n) is 1.60. The summed E-state index contributed by atoms with van der Waals surface area (Å²) < 4.78 is 18.3. The topological polar surface area (TPSA) is 45.4 Å². The van der Waals surface area contributed by atoms with Gasteiger partial charge >= 0.3 is 0 Å². The first-order chi connectivity index (χ1) is 8.20. The van der Waals surface area contributed by atoms with Crippen molar-refractivity contribution < 1.29 is 13.9 Å². The van der Waals surface area contributed by atoms with E-state index in [1.54, 1.807) is 31.3 Å². The summed E-state index contributed by atoms with van der Waals surface area (Å²) in [6.07, 6.45) is -0.672. The molecule has 0 bridgehead atoms. The highest BCUT2D eigenvalue weighted by molar-refractivity contribution is 5.57. The maximum atomic E-state index is 12.8. The summed E-state index contributed by atoms with van der Waals surface area (Å²) in [4.78, 5) is 0. The van der Waals surface area contributed by atoms with Gasteiger partial charge in [-0.3, -0.25) is 0 Å². The van der Waals surface area contributed by atoms with Crippen LogP contribution in [0.3, 0.4) is 0 Å². The summed E-state index contributed by atoms with van der Waals surface area (Å²) in [6.45, 7) is 0.427. The molecular weight excluding hydrogens is 221 g/mol. The van der Waals surface area contributed by atoms with E-state index in [1.807, 2.05) is 0 Å². The van der Waals surface area contributed by atoms with Crippen molar-refractivity contribution in [1.29, 1.82) is 0 Å². The van der Waals surface area contributed by atoms with Crippen LogP contribution in [0.4, 0.5) is 4.39 Å². The molecule has 0 aliphatic rings. The van der Waals surface area contributed by atoms with Crippen LogP contribution in [0.15, 0.2) is 40.8 Å². The zero-order chi connectivity index (χ0) is 12.3. The molecule has 2 rings (SSSR count). The van der Waals surface area contributed by atoms with Crippen LogP contribution in [0.25, 0.3) is 11.3 Å². The number of furan rings is 1. The Bertz CT molecular complexity index is 478. The number of benzene rings is 1. The van der Waals surface area contributed by atoms with Crippen LogP contribution in [0.5, 0.6) is 0 Å². The summed E-state index contributed by atoms with van der Waals surface area (Å²) in [7, 11) is 1.76. The fourth-order valence-corrected chi connectivity index (χ4v) is 1.60. The van der Waals surface area contributed by atoms with E-state index < -0.39 is 6.10 Å². The molecule has 0 amide bonds. The molecule has 90 valence electrons. The van der Waals surface area contributed by atoms with Gasteiger partial charge in [0.2, 0.25) is 0 Å². The molecular formula is C13H14FNO2. The van der Waals surface area contributed by atoms with Gasteiger partial charge in [-0.15, -0.1) is 0 Å². The third kappa shape index (κ3) is 2.72. The number of aliphatic hydroxyl groups excluding tert-OH is 1. The van der Waals surface area contributed by atoms with Crippen molar-refractivity contribution in [3.05, 3.63) is 48.0 Å². The lowest BCUT2D eigenvalue weighted by Crippen LogP contribution is -2.16. The van der Waals surface area contributed by atoms with Gasteiger partial charge < -0.3 is 14.8 Å². The van der Waals surface area contributed by atoms with Crippen LogP contribution in [0, 0.1) is 5.82 Å². The molecule has 0 saturated heterocycles. The van der Waals surface area contributed by atoms with Gasteiger partial charge in [0.25, 0.3) is 0 Å². The van der Waals surface area contributed by atoms with E-state index in [2.05, 4.69) is 5.32 Å². The molecule has 0 saturated carbocycles. The van der Waals surface area contributed by atoms with E-state index in [0.29, 0.717) is 18.1 Å². The maximum absolute atomic E-state index is 12.8. The SMILES string of the molecule is CNCC(O)c1ccc(-c2ccc(F)cc2)o1. The monoisotopic (exact) mass is 235 g/mol. The van der Waals surface area contributed by atoms with Crippen molar-refractivity contribution >= 4 is 0 Å². The van der Waals surface area contributed by atoms with Crippen molar-refractivity contribution in [1.82, 2.24) is 5.32 Å². The van der Waals surface area contributed by atoms with Gasteiger partial charge in [0, 0.05) is 12.1 Å². The lowest BCUT2D eigenvalue weighted by atomic mass is 10.2. The highest BCUT2D eigenvalue weighted by atomic mass is 19.1. The van der Waals surface area contributed by atoms with Gasteiger partial charge in [-0.05, 0) is 43.4 Å². The van der Waals surface area contributed by atoms with E-state index in [9.17, 15) is 9.50 Å². The summed E-state index contributed by atoms with van der Waals surface area (Å²) in [5.74, 6) is 0.838. The van der Waals surface area contributed by atoms with Crippen LogP contribution in [-0.4, -0.2) is 18.7 Å². The van der Waals surface area contributed by atoms with Crippen molar-refractivity contribution in [2.24, 2.45) is 0 Å². The van der Waals surface area contributed by atoms with Gasteiger partial charge in [-0.25, -0.2) is 4.39 Å². The van der Waals surface area contributed by atoms with E-state index in [1.165, 1.54) is 12.1 Å². The van der Waals surface area contributed by atoms with E-state index in [-0.39, 0.29) is 5.82 Å². The fraction of sp³-hybridized carbons (Fsp3) is 0.231. The molecule has 0 aliphatic carbocycles. The normalized spacial score (nSPS) is 12.6. The zero-order valence-corrected chi connectivity index (χ0v) is 9.48. The Hall–Kier alpha value is -1.65. The average molecular weight is 235 g/mol. The van der Waals surface area contributed by atoms with Crippen LogP contribution < -0.4 is 5.32 Å². The van der Waals surface area contributed by atoms with Gasteiger partial charge in [0.1, 0.15) is 23.4 Å². The molecule has 1 aromatic heterocycles. The van der Waals surface area contributed by atoms with Crippen LogP contribution in [0.2, 0.25) is 0 Å². The van der Waals surface area contributed by atoms with Crippen molar-refractivity contribution in [3.63, 3.8) is 0 Å². The van der Waals surface area contributed by atoms with Crippen molar-refractivity contribution in [3.8, 4) is 11.3 Å². The molecule has 1 aromatic carbocycles. The standard InChI is InChI=1S/C13H14FNO2/c1-15-8-11(16)13-7-6-12(17-13)9-2-4-10(14)5-3-9/h2-7,11,15-16H,8H2,1H3. The zero-order valence-electron chi connectivity index (χ0n) is 9.48. The molecule has 0 aliphatic heterocycles. The smallest absolute Gasteiger partial charge is 0.134 e. The van der Waals surface area contributed by atoms with E-state index in [0.717, 1.165) is 5.56 Å². The summed E-state index contributed by atoms with van der Waals surface area (Å²) in [5.41, 5.74) is 0.786. The number of rotatable bonds is 4. The first-order valence-electron chi connectivity index (χ1n) is 5.39. The second kappa shape index (κ2) is 5.12. The molecule has 2 aromatic rings. The summed E-state index contributed by atoms with van der Waals surface area (Å²) in [5, 5.41) is 12.6. The minimum atomic E-state index is -0.672. The second-order valence-corrected chi connectivity index (χ2v) is 3.78. The molecule has 17 heavy (non-hydrogen) atoms.